The van der Waals surface area contributed by atoms with Crippen LogP contribution in [0.1, 0.15) is 44.5 Å². The molecule has 1 aromatic heterocycles. The van der Waals surface area contributed by atoms with Gasteiger partial charge in [-0.25, -0.2) is 4.98 Å². The molecule has 0 amide bonds. The van der Waals surface area contributed by atoms with Crippen molar-refractivity contribution in [2.75, 3.05) is 24.5 Å². The molecule has 0 saturated heterocycles. The topological polar surface area (TPSA) is 28.2 Å². The smallest absolute Gasteiger partial charge is 0.133 e. The van der Waals surface area contributed by atoms with Crippen LogP contribution in [0.4, 0.5) is 5.82 Å². The second kappa shape index (κ2) is 7.49. The van der Waals surface area contributed by atoms with Crippen molar-refractivity contribution in [3.63, 3.8) is 0 Å². The number of hydrogen-bond donors (Lipinski definition) is 1. The van der Waals surface area contributed by atoms with Gasteiger partial charge in [-0.15, -0.1) is 0 Å². The first kappa shape index (κ1) is 16.0. The van der Waals surface area contributed by atoms with Gasteiger partial charge in [0.1, 0.15) is 5.82 Å². The molecule has 0 saturated carbocycles. The van der Waals surface area contributed by atoms with Gasteiger partial charge >= 0.3 is 0 Å². The van der Waals surface area contributed by atoms with Gasteiger partial charge in [-0.05, 0) is 44.9 Å². The SMILES string of the molecule is CCNCc1c(C)cc(C)nc1N(CC)CC(C)C. The zero-order valence-electron chi connectivity index (χ0n) is 13.4. The van der Waals surface area contributed by atoms with E-state index in [1.54, 1.807) is 0 Å². The minimum atomic E-state index is 0.648. The van der Waals surface area contributed by atoms with Crippen LogP contribution in [0.2, 0.25) is 0 Å². The van der Waals surface area contributed by atoms with Crippen LogP contribution in [0.5, 0.6) is 0 Å². The predicted molar refractivity (Wildman–Crippen MR) is 83.8 cm³/mol. The van der Waals surface area contributed by atoms with E-state index in [2.05, 4.69) is 57.8 Å². The number of anilines is 1. The Balaban J connectivity index is 3.13. The summed E-state index contributed by atoms with van der Waals surface area (Å²) in [5.74, 6) is 1.81. The molecule has 1 rings (SSSR count). The zero-order chi connectivity index (χ0) is 14.4. The second-order valence-electron chi connectivity index (χ2n) is 5.60. The lowest BCUT2D eigenvalue weighted by Crippen LogP contribution is -2.30. The maximum atomic E-state index is 4.80. The summed E-state index contributed by atoms with van der Waals surface area (Å²) in [7, 11) is 0. The Bertz CT molecular complexity index is 399. The highest BCUT2D eigenvalue weighted by Crippen LogP contribution is 2.23. The van der Waals surface area contributed by atoms with Crippen LogP contribution < -0.4 is 10.2 Å². The van der Waals surface area contributed by atoms with E-state index < -0.39 is 0 Å². The van der Waals surface area contributed by atoms with Crippen LogP contribution >= 0.6 is 0 Å². The molecule has 0 aromatic carbocycles. The van der Waals surface area contributed by atoms with E-state index in [-0.39, 0.29) is 0 Å². The molecule has 0 fully saturated rings. The van der Waals surface area contributed by atoms with Crippen molar-refractivity contribution in [2.24, 2.45) is 5.92 Å². The number of rotatable bonds is 7. The van der Waals surface area contributed by atoms with Gasteiger partial charge in [-0.1, -0.05) is 20.8 Å². The first-order chi connectivity index (χ1) is 8.99. The van der Waals surface area contributed by atoms with Crippen molar-refractivity contribution in [1.82, 2.24) is 10.3 Å². The van der Waals surface area contributed by atoms with E-state index in [0.717, 1.165) is 37.7 Å². The summed E-state index contributed by atoms with van der Waals surface area (Å²) >= 11 is 0. The molecule has 0 radical (unpaired) electrons. The second-order valence-corrected chi connectivity index (χ2v) is 5.60. The van der Waals surface area contributed by atoms with E-state index in [1.165, 1.54) is 11.1 Å². The molecule has 0 bridgehead atoms. The van der Waals surface area contributed by atoms with Gasteiger partial charge < -0.3 is 10.2 Å². The molecule has 1 N–H and O–H groups in total. The Hall–Kier alpha value is -1.09. The fourth-order valence-corrected chi connectivity index (χ4v) is 2.38. The standard InChI is InChI=1S/C16H29N3/c1-7-17-10-15-13(5)9-14(6)18-16(15)19(8-2)11-12(3)4/h9,12,17H,7-8,10-11H2,1-6H3. The Morgan fingerprint density at radius 3 is 2.47 bits per heavy atom. The molecule has 3 nitrogen and oxygen atoms in total. The van der Waals surface area contributed by atoms with E-state index in [9.17, 15) is 0 Å². The van der Waals surface area contributed by atoms with Gasteiger partial charge in [0, 0.05) is 30.9 Å². The average Bonchev–Trinajstić information content (AvgIpc) is 2.34. The molecule has 1 heterocycles. The quantitative estimate of drug-likeness (QED) is 0.818. The van der Waals surface area contributed by atoms with Gasteiger partial charge in [0.15, 0.2) is 0 Å². The number of nitrogens with one attached hydrogen (secondary N) is 1. The van der Waals surface area contributed by atoms with Crippen molar-refractivity contribution >= 4 is 5.82 Å². The summed E-state index contributed by atoms with van der Waals surface area (Å²) in [6, 6.07) is 2.18. The number of pyridine rings is 1. The normalized spacial score (nSPS) is 11.1. The molecular weight excluding hydrogens is 234 g/mol. The fraction of sp³-hybridized carbons (Fsp3) is 0.688. The van der Waals surface area contributed by atoms with Crippen LogP contribution in [-0.4, -0.2) is 24.6 Å². The van der Waals surface area contributed by atoms with Crippen LogP contribution in [0.15, 0.2) is 6.07 Å². The number of aryl methyl sites for hydroxylation is 2. The molecule has 19 heavy (non-hydrogen) atoms. The summed E-state index contributed by atoms with van der Waals surface area (Å²) in [4.78, 5) is 7.20. The van der Waals surface area contributed by atoms with Gasteiger partial charge in [-0.2, -0.15) is 0 Å². The van der Waals surface area contributed by atoms with Gasteiger partial charge in [0.2, 0.25) is 0 Å². The van der Waals surface area contributed by atoms with Gasteiger partial charge in [0.25, 0.3) is 0 Å². The van der Waals surface area contributed by atoms with Gasteiger partial charge in [0.05, 0.1) is 0 Å². The van der Waals surface area contributed by atoms with Crippen LogP contribution in [0.25, 0.3) is 0 Å². The Kier molecular flexibility index (Phi) is 6.29. The van der Waals surface area contributed by atoms with E-state index >= 15 is 0 Å². The van der Waals surface area contributed by atoms with Crippen LogP contribution in [-0.2, 0) is 6.54 Å². The zero-order valence-corrected chi connectivity index (χ0v) is 13.4. The van der Waals surface area contributed by atoms with E-state index in [4.69, 9.17) is 4.98 Å². The third kappa shape index (κ3) is 4.50. The lowest BCUT2D eigenvalue weighted by Gasteiger charge is -2.27. The number of nitrogens with zero attached hydrogens (tertiary/aromatic N) is 2. The lowest BCUT2D eigenvalue weighted by molar-refractivity contribution is 0.609. The van der Waals surface area contributed by atoms with Crippen molar-refractivity contribution in [3.05, 3.63) is 22.9 Å². The van der Waals surface area contributed by atoms with E-state index in [1.807, 2.05) is 0 Å². The van der Waals surface area contributed by atoms with Crippen molar-refractivity contribution in [1.29, 1.82) is 0 Å². The molecule has 0 spiro atoms. The lowest BCUT2D eigenvalue weighted by atomic mass is 10.1. The van der Waals surface area contributed by atoms with Crippen LogP contribution in [0, 0.1) is 19.8 Å². The highest BCUT2D eigenvalue weighted by atomic mass is 15.2. The molecule has 0 aliphatic rings. The maximum Gasteiger partial charge on any atom is 0.133 e. The van der Waals surface area contributed by atoms with Gasteiger partial charge in [-0.3, -0.25) is 0 Å². The summed E-state index contributed by atoms with van der Waals surface area (Å²) in [5, 5.41) is 3.43. The summed E-state index contributed by atoms with van der Waals surface area (Å²) < 4.78 is 0. The number of aromatic nitrogens is 1. The molecule has 0 aliphatic carbocycles. The summed E-state index contributed by atoms with van der Waals surface area (Å²) in [5.41, 5.74) is 3.79. The summed E-state index contributed by atoms with van der Waals surface area (Å²) in [6.07, 6.45) is 0. The fourth-order valence-electron chi connectivity index (χ4n) is 2.38. The average molecular weight is 263 g/mol. The molecular formula is C16H29N3. The number of hydrogen-bond acceptors (Lipinski definition) is 3. The highest BCUT2D eigenvalue weighted by Gasteiger charge is 2.15. The summed E-state index contributed by atoms with van der Waals surface area (Å²) in [6.45, 7) is 17.1. The van der Waals surface area contributed by atoms with Crippen molar-refractivity contribution < 1.29 is 0 Å². The minimum absolute atomic E-state index is 0.648. The third-order valence-electron chi connectivity index (χ3n) is 3.27. The van der Waals surface area contributed by atoms with E-state index in [0.29, 0.717) is 5.92 Å². The van der Waals surface area contributed by atoms with Crippen molar-refractivity contribution in [3.8, 4) is 0 Å². The predicted octanol–water partition coefficient (Wildman–Crippen LogP) is 3.29. The monoisotopic (exact) mass is 263 g/mol. The first-order valence-electron chi connectivity index (χ1n) is 7.42. The molecule has 0 aliphatic heterocycles. The Morgan fingerprint density at radius 2 is 1.95 bits per heavy atom. The largest absolute Gasteiger partial charge is 0.356 e. The maximum absolute atomic E-state index is 4.80. The molecule has 3 heteroatoms. The van der Waals surface area contributed by atoms with Crippen molar-refractivity contribution in [2.45, 2.75) is 48.1 Å². The molecule has 0 atom stereocenters. The Morgan fingerprint density at radius 1 is 1.26 bits per heavy atom. The molecule has 0 unspecified atom stereocenters. The highest BCUT2D eigenvalue weighted by molar-refractivity contribution is 5.51. The minimum Gasteiger partial charge on any atom is -0.356 e. The molecule has 108 valence electrons. The Labute approximate surface area is 118 Å². The first-order valence-corrected chi connectivity index (χ1v) is 7.42. The molecule has 1 aromatic rings. The van der Waals surface area contributed by atoms with Crippen LogP contribution in [0.3, 0.4) is 0 Å². The third-order valence-corrected chi connectivity index (χ3v) is 3.27.